The van der Waals surface area contributed by atoms with E-state index >= 15 is 0 Å². The Balaban J connectivity index is 0.000000892. The third kappa shape index (κ3) is 10.2. The topological polar surface area (TPSA) is 220 Å². The molecule has 0 aliphatic carbocycles. The van der Waals surface area contributed by atoms with Gasteiger partial charge in [0.15, 0.2) is 0 Å². The zero-order valence-electron chi connectivity index (χ0n) is 21.5. The van der Waals surface area contributed by atoms with Gasteiger partial charge in [0.2, 0.25) is 11.9 Å². The normalized spacial score (nSPS) is 10.7. The van der Waals surface area contributed by atoms with Crippen LogP contribution >= 0.6 is 23.2 Å². The predicted octanol–water partition coefficient (Wildman–Crippen LogP) is 4.32. The highest BCUT2D eigenvalue weighted by Crippen LogP contribution is 2.30. The minimum Gasteiger partial charge on any atom is -0.487 e. The van der Waals surface area contributed by atoms with Crippen LogP contribution in [-0.4, -0.2) is 45.2 Å². The van der Waals surface area contributed by atoms with Gasteiger partial charge in [-0.05, 0) is 66.2 Å². The molecule has 0 aliphatic heterocycles. The van der Waals surface area contributed by atoms with Crippen molar-refractivity contribution in [3.8, 4) is 16.9 Å². The van der Waals surface area contributed by atoms with E-state index in [4.69, 9.17) is 56.9 Å². The average molecular weight is 635 g/mol. The molecule has 4 rings (SSSR count). The Hall–Kier alpha value is -4.47. The van der Waals surface area contributed by atoms with E-state index in [0.717, 1.165) is 5.56 Å². The van der Waals surface area contributed by atoms with Crippen LogP contribution in [0.5, 0.6) is 5.75 Å². The first-order chi connectivity index (χ1) is 19.8. The Bertz CT molecular complexity index is 1650. The third-order valence-electron chi connectivity index (χ3n) is 5.20. The van der Waals surface area contributed by atoms with E-state index in [1.54, 1.807) is 60.7 Å². The highest BCUT2D eigenvalue weighted by atomic mass is 35.5. The maximum Gasteiger partial charge on any atom is 0.394 e. The molecule has 16 heteroatoms. The first kappa shape index (κ1) is 32.0. The van der Waals surface area contributed by atoms with Crippen molar-refractivity contribution in [2.75, 3.05) is 28.0 Å². The van der Waals surface area contributed by atoms with Gasteiger partial charge in [-0.25, -0.2) is 4.98 Å². The van der Waals surface area contributed by atoms with Gasteiger partial charge in [-0.1, -0.05) is 23.7 Å². The summed E-state index contributed by atoms with van der Waals surface area (Å²) in [4.78, 5) is 32.3. The molecule has 13 nitrogen and oxygen atoms in total. The van der Waals surface area contributed by atoms with Crippen LogP contribution in [0.4, 0.5) is 23.1 Å². The molecule has 0 radical (unpaired) electrons. The Labute approximate surface area is 250 Å². The van der Waals surface area contributed by atoms with Gasteiger partial charge in [-0.3, -0.25) is 18.7 Å². The van der Waals surface area contributed by atoms with Crippen molar-refractivity contribution in [1.29, 1.82) is 0 Å². The number of rotatable bonds is 8. The van der Waals surface area contributed by atoms with E-state index in [1.165, 1.54) is 0 Å². The summed E-state index contributed by atoms with van der Waals surface area (Å²) in [6.07, 6.45) is 0. The number of hydrogen-bond donors (Lipinski definition) is 6. The molecule has 0 spiro atoms. The van der Waals surface area contributed by atoms with Gasteiger partial charge in [-0.15, -0.1) is 11.6 Å². The fourth-order valence-electron chi connectivity index (χ4n) is 3.47. The highest BCUT2D eigenvalue weighted by molar-refractivity contribution is 7.79. The molecule has 1 aromatic heterocycles. The second kappa shape index (κ2) is 14.4. The molecule has 0 bridgehead atoms. The van der Waals surface area contributed by atoms with E-state index in [-0.39, 0.29) is 36.1 Å². The van der Waals surface area contributed by atoms with Crippen LogP contribution < -0.4 is 26.8 Å². The fourth-order valence-corrected chi connectivity index (χ4v) is 3.66. The molecule has 0 saturated carbocycles. The average Bonchev–Trinajstić information content (AvgIpc) is 2.92. The van der Waals surface area contributed by atoms with Gasteiger partial charge in [0.25, 0.3) is 5.91 Å². The molecule has 0 unspecified atom stereocenters. The van der Waals surface area contributed by atoms with Crippen molar-refractivity contribution < 1.29 is 31.8 Å². The Kier molecular flexibility index (Phi) is 11.0. The van der Waals surface area contributed by atoms with E-state index in [0.29, 0.717) is 39.0 Å². The number of benzene rings is 3. The van der Waals surface area contributed by atoms with E-state index in [2.05, 4.69) is 20.6 Å². The summed E-state index contributed by atoms with van der Waals surface area (Å²) in [6.45, 7) is 0.0905. The van der Waals surface area contributed by atoms with Crippen LogP contribution in [0, 0.1) is 0 Å². The van der Waals surface area contributed by atoms with Crippen LogP contribution in [0.15, 0.2) is 72.8 Å². The van der Waals surface area contributed by atoms with Crippen LogP contribution in [0.3, 0.4) is 0 Å². The fraction of sp³-hybridized carbons (Fsp3) is 0.0769. The number of halogens is 2. The predicted molar refractivity (Wildman–Crippen MR) is 160 cm³/mol. The molecule has 42 heavy (non-hydrogen) atoms. The molecule has 3 aromatic carbocycles. The van der Waals surface area contributed by atoms with Crippen LogP contribution in [0.1, 0.15) is 16.1 Å². The van der Waals surface area contributed by atoms with E-state index < -0.39 is 10.4 Å². The lowest BCUT2D eigenvalue weighted by atomic mass is 10.0. The molecule has 0 saturated heterocycles. The quantitative estimate of drug-likeness (QED) is 0.118. The molecular weight excluding hydrogens is 611 g/mol. The number of alkyl halides is 1. The van der Waals surface area contributed by atoms with Gasteiger partial charge in [-0.2, -0.15) is 13.4 Å². The molecule has 1 heterocycles. The number of aromatic nitrogens is 2. The smallest absolute Gasteiger partial charge is 0.394 e. The van der Waals surface area contributed by atoms with Crippen molar-refractivity contribution in [2.24, 2.45) is 0 Å². The van der Waals surface area contributed by atoms with Crippen LogP contribution in [0.25, 0.3) is 11.1 Å². The summed E-state index contributed by atoms with van der Waals surface area (Å²) in [7, 11) is -4.67. The Morgan fingerprint density at radius 1 is 0.857 bits per heavy atom. The summed E-state index contributed by atoms with van der Waals surface area (Å²) < 4.78 is 37.5. The standard InChI is InChI=1S/C26H22Cl2N6O3.H2O4S/c27-13-22(35)31-18-7-3-16(4-8-18)25(36)32-19-9-11-20(12-10-19)37-14-21-23(24(29)34-26(30)33-21)15-1-5-17(28)6-2-15;1-5(2,3)4/h1-12H,13-14H2,(H,31,35)(H,32,36)(H4,29,30,33,34);(H2,1,2,3,4). The first-order valence-corrected chi connectivity index (χ1v) is 14.0. The molecule has 0 aliphatic rings. The third-order valence-corrected chi connectivity index (χ3v) is 5.70. The first-order valence-electron chi connectivity index (χ1n) is 11.7. The SMILES string of the molecule is Nc1nc(N)c(-c2ccc(Cl)cc2)c(COc2ccc(NC(=O)c3ccc(NC(=O)CCl)cc3)cc2)n1.O=S(=O)(O)O. The van der Waals surface area contributed by atoms with Gasteiger partial charge < -0.3 is 26.8 Å². The number of nitrogens with one attached hydrogen (secondary N) is 2. The summed E-state index contributed by atoms with van der Waals surface area (Å²) in [6, 6.07) is 20.5. The Morgan fingerprint density at radius 2 is 1.40 bits per heavy atom. The lowest BCUT2D eigenvalue weighted by Gasteiger charge is -2.13. The lowest BCUT2D eigenvalue weighted by molar-refractivity contribution is -0.113. The second-order valence-corrected chi connectivity index (χ2v) is 9.87. The number of hydrogen-bond acceptors (Lipinski definition) is 9. The summed E-state index contributed by atoms with van der Waals surface area (Å²) in [5, 5.41) is 6.02. The van der Waals surface area contributed by atoms with Crippen molar-refractivity contribution >= 4 is 68.6 Å². The van der Waals surface area contributed by atoms with Crippen molar-refractivity contribution in [2.45, 2.75) is 6.61 Å². The zero-order chi connectivity index (χ0) is 30.9. The molecule has 2 amide bonds. The minimum atomic E-state index is -4.67. The zero-order valence-corrected chi connectivity index (χ0v) is 23.8. The number of carbonyl (C=O) groups is 2. The maximum atomic E-state index is 12.6. The van der Waals surface area contributed by atoms with Crippen molar-refractivity contribution in [1.82, 2.24) is 9.97 Å². The minimum absolute atomic E-state index is 0.0429. The summed E-state index contributed by atoms with van der Waals surface area (Å²) in [5.41, 5.74) is 15.4. The molecule has 4 aromatic rings. The Morgan fingerprint density at radius 3 is 1.98 bits per heavy atom. The molecule has 8 N–H and O–H groups in total. The number of amides is 2. The second-order valence-electron chi connectivity index (χ2n) is 8.27. The number of carbonyl (C=O) groups excluding carboxylic acids is 2. The van der Waals surface area contributed by atoms with Gasteiger partial charge >= 0.3 is 10.4 Å². The van der Waals surface area contributed by atoms with E-state index in [1.807, 2.05) is 12.1 Å². The number of nitrogen functional groups attached to an aromatic ring is 2. The summed E-state index contributed by atoms with van der Waals surface area (Å²) in [5.74, 6) is 0.0575. The summed E-state index contributed by atoms with van der Waals surface area (Å²) >= 11 is 11.5. The largest absolute Gasteiger partial charge is 0.487 e. The van der Waals surface area contributed by atoms with Gasteiger partial charge in [0.05, 0.1) is 5.69 Å². The van der Waals surface area contributed by atoms with Crippen LogP contribution in [0.2, 0.25) is 5.02 Å². The molecule has 0 atom stereocenters. The van der Waals surface area contributed by atoms with Gasteiger partial charge in [0, 0.05) is 27.5 Å². The number of anilines is 4. The van der Waals surface area contributed by atoms with Gasteiger partial charge in [0.1, 0.15) is 24.1 Å². The lowest BCUT2D eigenvalue weighted by Crippen LogP contribution is -2.14. The monoisotopic (exact) mass is 634 g/mol. The van der Waals surface area contributed by atoms with Crippen molar-refractivity contribution in [3.63, 3.8) is 0 Å². The van der Waals surface area contributed by atoms with Crippen LogP contribution in [-0.2, 0) is 21.8 Å². The maximum absolute atomic E-state index is 12.6. The number of nitrogens with zero attached hydrogens (tertiary/aromatic N) is 2. The molecular formula is C26H24Cl2N6O7S. The highest BCUT2D eigenvalue weighted by Gasteiger charge is 2.15. The molecule has 0 fully saturated rings. The molecule has 220 valence electrons. The number of nitrogens with two attached hydrogens (primary N) is 2. The van der Waals surface area contributed by atoms with E-state index in [9.17, 15) is 9.59 Å². The van der Waals surface area contributed by atoms with Crippen molar-refractivity contribution in [3.05, 3.63) is 89.1 Å². The number of ether oxygens (including phenoxy) is 1.